The van der Waals surface area contributed by atoms with Crippen molar-refractivity contribution < 1.29 is 23.8 Å². The number of esters is 1. The third kappa shape index (κ3) is 4.64. The molecule has 3 rings (SSSR count). The van der Waals surface area contributed by atoms with Gasteiger partial charge in [-0.15, -0.1) is 0 Å². The molecule has 0 fully saturated rings. The molecule has 1 amide bonds. The molecular formula is C20H16N2O5. The lowest BCUT2D eigenvalue weighted by Gasteiger charge is -2.19. The van der Waals surface area contributed by atoms with Crippen LogP contribution in [0.25, 0.3) is 6.08 Å². The van der Waals surface area contributed by atoms with Gasteiger partial charge in [-0.25, -0.2) is 4.79 Å². The largest absolute Gasteiger partial charge is 0.454 e. The van der Waals surface area contributed by atoms with Crippen molar-refractivity contribution in [2.24, 2.45) is 0 Å². The number of fused-ring (bicyclic) bond motifs is 1. The van der Waals surface area contributed by atoms with Gasteiger partial charge < -0.3 is 14.2 Å². The maximum absolute atomic E-state index is 12.3. The monoisotopic (exact) mass is 364 g/mol. The molecule has 0 radical (unpaired) electrons. The number of ether oxygens (including phenoxy) is 3. The zero-order chi connectivity index (χ0) is 19.1. The third-order valence-electron chi connectivity index (χ3n) is 3.74. The van der Waals surface area contributed by atoms with E-state index >= 15 is 0 Å². The second-order valence-electron chi connectivity index (χ2n) is 5.53. The van der Waals surface area contributed by atoms with Gasteiger partial charge in [0.05, 0.1) is 6.07 Å². The second kappa shape index (κ2) is 8.54. The van der Waals surface area contributed by atoms with Crippen LogP contribution in [0.3, 0.4) is 0 Å². The van der Waals surface area contributed by atoms with E-state index in [0.717, 1.165) is 5.56 Å². The minimum atomic E-state index is -0.661. The van der Waals surface area contributed by atoms with Gasteiger partial charge in [-0.1, -0.05) is 24.3 Å². The highest BCUT2D eigenvalue weighted by Crippen LogP contribution is 2.32. The van der Waals surface area contributed by atoms with Crippen molar-refractivity contribution in [2.45, 2.75) is 0 Å². The highest BCUT2D eigenvalue weighted by molar-refractivity contribution is 5.96. The summed E-state index contributed by atoms with van der Waals surface area (Å²) in [6.07, 6.45) is 2.78. The molecule has 1 aliphatic rings. The molecule has 2 aromatic rings. The van der Waals surface area contributed by atoms with Gasteiger partial charge in [0.15, 0.2) is 18.1 Å². The summed E-state index contributed by atoms with van der Waals surface area (Å²) < 4.78 is 15.5. The lowest BCUT2D eigenvalue weighted by Crippen LogP contribution is -2.34. The molecule has 7 nitrogen and oxygen atoms in total. The van der Waals surface area contributed by atoms with E-state index < -0.39 is 18.5 Å². The maximum Gasteiger partial charge on any atom is 0.331 e. The molecule has 0 atom stereocenters. The predicted molar refractivity (Wildman–Crippen MR) is 97.0 cm³/mol. The van der Waals surface area contributed by atoms with Crippen LogP contribution in [0.5, 0.6) is 11.5 Å². The Morgan fingerprint density at radius 1 is 1.15 bits per heavy atom. The van der Waals surface area contributed by atoms with E-state index in [1.807, 2.05) is 6.07 Å². The van der Waals surface area contributed by atoms with E-state index in [0.29, 0.717) is 17.2 Å². The van der Waals surface area contributed by atoms with Gasteiger partial charge in [0, 0.05) is 11.8 Å². The Morgan fingerprint density at radius 2 is 1.93 bits per heavy atom. The first-order chi connectivity index (χ1) is 13.2. The molecule has 0 saturated heterocycles. The summed E-state index contributed by atoms with van der Waals surface area (Å²) in [4.78, 5) is 25.4. The smallest absolute Gasteiger partial charge is 0.331 e. The Morgan fingerprint density at radius 3 is 2.70 bits per heavy atom. The Labute approximate surface area is 156 Å². The molecule has 0 aromatic heterocycles. The highest BCUT2D eigenvalue weighted by atomic mass is 16.7. The fraction of sp³-hybridized carbons (Fsp3) is 0.150. The van der Waals surface area contributed by atoms with Gasteiger partial charge in [0.1, 0.15) is 6.54 Å². The summed E-state index contributed by atoms with van der Waals surface area (Å²) in [7, 11) is 0. The summed E-state index contributed by atoms with van der Waals surface area (Å²) in [5, 5.41) is 8.92. The zero-order valence-corrected chi connectivity index (χ0v) is 14.3. The van der Waals surface area contributed by atoms with Gasteiger partial charge in [-0.3, -0.25) is 9.69 Å². The van der Waals surface area contributed by atoms with Crippen molar-refractivity contribution in [1.29, 1.82) is 5.26 Å². The quantitative estimate of drug-likeness (QED) is 0.445. The summed E-state index contributed by atoms with van der Waals surface area (Å²) in [6.45, 7) is -0.415. The Bertz CT molecular complexity index is 902. The summed E-state index contributed by atoms with van der Waals surface area (Å²) in [5.74, 6) is 0.119. The molecular weight excluding hydrogens is 348 g/mol. The van der Waals surface area contributed by atoms with Crippen molar-refractivity contribution >= 4 is 23.6 Å². The molecule has 7 heteroatoms. The normalized spacial score (nSPS) is 11.8. The number of hydrogen-bond acceptors (Lipinski definition) is 6. The van der Waals surface area contributed by atoms with Crippen molar-refractivity contribution in [3.05, 3.63) is 60.2 Å². The lowest BCUT2D eigenvalue weighted by atomic mass is 10.2. The van der Waals surface area contributed by atoms with Crippen molar-refractivity contribution in [1.82, 2.24) is 0 Å². The van der Waals surface area contributed by atoms with E-state index in [9.17, 15) is 9.59 Å². The average molecular weight is 364 g/mol. The van der Waals surface area contributed by atoms with Crippen molar-refractivity contribution in [3.8, 4) is 17.6 Å². The van der Waals surface area contributed by atoms with Crippen LogP contribution >= 0.6 is 0 Å². The number of anilines is 1. The highest BCUT2D eigenvalue weighted by Gasteiger charge is 2.17. The minimum absolute atomic E-state index is 0.132. The van der Waals surface area contributed by atoms with E-state index in [-0.39, 0.29) is 13.3 Å². The van der Waals surface area contributed by atoms with Crippen LogP contribution in [0.2, 0.25) is 0 Å². The number of hydrogen-bond donors (Lipinski definition) is 0. The second-order valence-corrected chi connectivity index (χ2v) is 5.53. The van der Waals surface area contributed by atoms with Crippen LogP contribution in [0.1, 0.15) is 5.56 Å². The van der Waals surface area contributed by atoms with E-state index in [4.69, 9.17) is 19.5 Å². The predicted octanol–water partition coefficient (Wildman–Crippen LogP) is 2.53. The number of para-hydroxylation sites is 1. The SMILES string of the molecule is N#CCN(C(=O)COC(=O)/C=C/c1ccc2c(c1)OCO2)c1ccccc1. The number of carbonyl (C=O) groups excluding carboxylic acids is 2. The standard InChI is InChI=1S/C20H16N2O5/c21-10-11-22(16-4-2-1-3-5-16)19(23)13-25-20(24)9-7-15-6-8-17-18(12-15)27-14-26-17/h1-9,12H,11,13-14H2/b9-7+. The van der Waals surface area contributed by atoms with Gasteiger partial charge >= 0.3 is 5.97 Å². The molecule has 1 heterocycles. The Hall–Kier alpha value is -3.79. The van der Waals surface area contributed by atoms with E-state index in [1.165, 1.54) is 11.0 Å². The minimum Gasteiger partial charge on any atom is -0.454 e. The topological polar surface area (TPSA) is 88.9 Å². The number of benzene rings is 2. The maximum atomic E-state index is 12.3. The average Bonchev–Trinajstić information content (AvgIpc) is 3.17. The van der Waals surface area contributed by atoms with Gasteiger partial charge in [-0.2, -0.15) is 5.26 Å². The third-order valence-corrected chi connectivity index (χ3v) is 3.74. The van der Waals surface area contributed by atoms with Crippen LogP contribution in [0.4, 0.5) is 5.69 Å². The number of carbonyl (C=O) groups is 2. The van der Waals surface area contributed by atoms with Gasteiger partial charge in [0.25, 0.3) is 5.91 Å². The molecule has 27 heavy (non-hydrogen) atoms. The van der Waals surface area contributed by atoms with Gasteiger partial charge in [0.2, 0.25) is 6.79 Å². The number of nitrogens with zero attached hydrogens (tertiary/aromatic N) is 2. The molecule has 0 spiro atoms. The van der Waals surface area contributed by atoms with E-state index in [1.54, 1.807) is 54.6 Å². The van der Waals surface area contributed by atoms with Crippen LogP contribution < -0.4 is 14.4 Å². The first-order valence-corrected chi connectivity index (χ1v) is 8.14. The number of nitriles is 1. The fourth-order valence-corrected chi connectivity index (χ4v) is 2.44. The number of amides is 1. The molecule has 0 saturated carbocycles. The summed E-state index contributed by atoms with van der Waals surface area (Å²) in [5.41, 5.74) is 1.30. The first-order valence-electron chi connectivity index (χ1n) is 8.14. The first kappa shape index (κ1) is 18.0. The molecule has 0 unspecified atom stereocenters. The molecule has 0 aliphatic carbocycles. The van der Waals surface area contributed by atoms with Crippen LogP contribution in [-0.4, -0.2) is 31.8 Å². The van der Waals surface area contributed by atoms with Crippen LogP contribution in [0.15, 0.2) is 54.6 Å². The summed E-state index contributed by atoms with van der Waals surface area (Å²) in [6, 6.07) is 15.9. The van der Waals surface area contributed by atoms with E-state index in [2.05, 4.69) is 0 Å². The van der Waals surface area contributed by atoms with Crippen molar-refractivity contribution in [2.75, 3.05) is 24.8 Å². The molecule has 136 valence electrons. The van der Waals surface area contributed by atoms with Gasteiger partial charge in [-0.05, 0) is 35.9 Å². The molecule has 0 bridgehead atoms. The Kier molecular flexibility index (Phi) is 5.70. The van der Waals surface area contributed by atoms with Crippen LogP contribution in [-0.2, 0) is 14.3 Å². The Balaban J connectivity index is 1.56. The molecule has 2 aromatic carbocycles. The zero-order valence-electron chi connectivity index (χ0n) is 14.3. The number of rotatable bonds is 6. The lowest BCUT2D eigenvalue weighted by molar-refractivity contribution is -0.142. The fourth-order valence-electron chi connectivity index (χ4n) is 2.44. The summed E-state index contributed by atoms with van der Waals surface area (Å²) >= 11 is 0. The van der Waals surface area contributed by atoms with Crippen LogP contribution in [0, 0.1) is 11.3 Å². The van der Waals surface area contributed by atoms with Crippen molar-refractivity contribution in [3.63, 3.8) is 0 Å². The molecule has 0 N–H and O–H groups in total. The molecule has 1 aliphatic heterocycles.